The fourth-order valence-corrected chi connectivity index (χ4v) is 2.47. The van der Waals surface area contributed by atoms with Gasteiger partial charge in [0, 0.05) is 13.1 Å². The van der Waals surface area contributed by atoms with Crippen molar-refractivity contribution >= 4 is 17.3 Å². The molecule has 0 amide bonds. The number of hydrogen-bond acceptors (Lipinski definition) is 2. The molecule has 0 bridgehead atoms. The van der Waals surface area contributed by atoms with Gasteiger partial charge in [0.2, 0.25) is 0 Å². The van der Waals surface area contributed by atoms with E-state index >= 15 is 0 Å². The van der Waals surface area contributed by atoms with Gasteiger partial charge in [0.25, 0.3) is 0 Å². The summed E-state index contributed by atoms with van der Waals surface area (Å²) in [6, 6.07) is 6.11. The van der Waals surface area contributed by atoms with E-state index in [4.69, 9.17) is 17.3 Å². The molecule has 0 saturated heterocycles. The standard InChI is InChI=1S/C15H25ClN2/c1-4-12(3)11-18(5-2)15-13(9-10-17)7-6-8-14(15)16/h6-8,12H,4-5,9-11,17H2,1-3H3. The van der Waals surface area contributed by atoms with Crippen LogP contribution in [0.2, 0.25) is 5.02 Å². The van der Waals surface area contributed by atoms with Gasteiger partial charge in [0.1, 0.15) is 0 Å². The molecular weight excluding hydrogens is 244 g/mol. The van der Waals surface area contributed by atoms with E-state index in [1.54, 1.807) is 0 Å². The molecule has 102 valence electrons. The van der Waals surface area contributed by atoms with Gasteiger partial charge < -0.3 is 10.6 Å². The first-order valence-corrected chi connectivity index (χ1v) is 7.24. The molecule has 0 aliphatic carbocycles. The zero-order chi connectivity index (χ0) is 13.5. The first-order chi connectivity index (χ1) is 8.63. The summed E-state index contributed by atoms with van der Waals surface area (Å²) in [6.07, 6.45) is 2.07. The summed E-state index contributed by atoms with van der Waals surface area (Å²) < 4.78 is 0. The van der Waals surface area contributed by atoms with Crippen LogP contribution in [0.25, 0.3) is 0 Å². The average Bonchev–Trinajstić information content (AvgIpc) is 2.37. The van der Waals surface area contributed by atoms with Gasteiger partial charge in [0.05, 0.1) is 10.7 Å². The Hall–Kier alpha value is -0.730. The molecular formula is C15H25ClN2. The van der Waals surface area contributed by atoms with Crippen LogP contribution in [0.1, 0.15) is 32.8 Å². The van der Waals surface area contributed by atoms with Crippen LogP contribution in [0.15, 0.2) is 18.2 Å². The van der Waals surface area contributed by atoms with E-state index in [-0.39, 0.29) is 0 Å². The van der Waals surface area contributed by atoms with Crippen LogP contribution in [0.4, 0.5) is 5.69 Å². The molecule has 0 aromatic heterocycles. The topological polar surface area (TPSA) is 29.3 Å². The van der Waals surface area contributed by atoms with Crippen molar-refractivity contribution in [2.75, 3.05) is 24.5 Å². The predicted molar refractivity (Wildman–Crippen MR) is 81.6 cm³/mol. The Balaban J connectivity index is 3.02. The van der Waals surface area contributed by atoms with Crippen molar-refractivity contribution in [3.63, 3.8) is 0 Å². The van der Waals surface area contributed by atoms with Gasteiger partial charge in [-0.25, -0.2) is 0 Å². The summed E-state index contributed by atoms with van der Waals surface area (Å²) in [4.78, 5) is 2.38. The van der Waals surface area contributed by atoms with Crippen LogP contribution in [0.3, 0.4) is 0 Å². The molecule has 0 aliphatic heterocycles. The Morgan fingerprint density at radius 2 is 2.06 bits per heavy atom. The summed E-state index contributed by atoms with van der Waals surface area (Å²) in [5.41, 5.74) is 8.12. The molecule has 2 nitrogen and oxygen atoms in total. The Morgan fingerprint density at radius 3 is 2.61 bits per heavy atom. The molecule has 1 atom stereocenters. The van der Waals surface area contributed by atoms with Crippen molar-refractivity contribution in [1.82, 2.24) is 0 Å². The molecule has 1 rings (SSSR count). The first kappa shape index (κ1) is 15.3. The van der Waals surface area contributed by atoms with Crippen LogP contribution in [0.5, 0.6) is 0 Å². The maximum atomic E-state index is 6.38. The largest absolute Gasteiger partial charge is 0.370 e. The van der Waals surface area contributed by atoms with Gasteiger partial charge in [-0.1, -0.05) is 44.0 Å². The van der Waals surface area contributed by atoms with Crippen LogP contribution in [0, 0.1) is 5.92 Å². The highest BCUT2D eigenvalue weighted by Gasteiger charge is 2.15. The van der Waals surface area contributed by atoms with E-state index in [1.165, 1.54) is 17.7 Å². The summed E-state index contributed by atoms with van der Waals surface area (Å²) in [5, 5.41) is 0.839. The van der Waals surface area contributed by atoms with Gasteiger partial charge in [-0.2, -0.15) is 0 Å². The Kier molecular flexibility index (Phi) is 6.51. The maximum Gasteiger partial charge on any atom is 0.0642 e. The number of anilines is 1. The molecule has 1 aromatic carbocycles. The monoisotopic (exact) mass is 268 g/mol. The number of hydrogen-bond donors (Lipinski definition) is 1. The van der Waals surface area contributed by atoms with Crippen LogP contribution >= 0.6 is 11.6 Å². The van der Waals surface area contributed by atoms with Crippen molar-refractivity contribution in [2.24, 2.45) is 11.7 Å². The zero-order valence-electron chi connectivity index (χ0n) is 11.7. The maximum absolute atomic E-state index is 6.38. The molecule has 1 unspecified atom stereocenters. The van der Waals surface area contributed by atoms with Crippen molar-refractivity contribution in [3.05, 3.63) is 28.8 Å². The minimum atomic E-state index is 0.661. The second kappa shape index (κ2) is 7.65. The lowest BCUT2D eigenvalue weighted by Gasteiger charge is -2.29. The summed E-state index contributed by atoms with van der Waals surface area (Å²) in [5.74, 6) is 0.673. The second-order valence-electron chi connectivity index (χ2n) is 4.84. The lowest BCUT2D eigenvalue weighted by molar-refractivity contribution is 0.547. The third kappa shape index (κ3) is 3.89. The normalized spacial score (nSPS) is 12.5. The molecule has 0 radical (unpaired) electrons. The second-order valence-corrected chi connectivity index (χ2v) is 5.25. The van der Waals surface area contributed by atoms with E-state index in [9.17, 15) is 0 Å². The SMILES string of the molecule is CCC(C)CN(CC)c1c(Cl)cccc1CCN. The molecule has 1 aromatic rings. The molecule has 0 fully saturated rings. The summed E-state index contributed by atoms with van der Waals surface area (Å²) in [7, 11) is 0. The van der Waals surface area contributed by atoms with Gasteiger partial charge >= 0.3 is 0 Å². The third-order valence-corrected chi connectivity index (χ3v) is 3.72. The van der Waals surface area contributed by atoms with E-state index in [1.807, 2.05) is 12.1 Å². The molecule has 3 heteroatoms. The highest BCUT2D eigenvalue weighted by Crippen LogP contribution is 2.31. The van der Waals surface area contributed by atoms with Gasteiger partial charge in [0.15, 0.2) is 0 Å². The lowest BCUT2D eigenvalue weighted by atomic mass is 10.1. The molecule has 18 heavy (non-hydrogen) atoms. The lowest BCUT2D eigenvalue weighted by Crippen LogP contribution is -2.29. The van der Waals surface area contributed by atoms with Gasteiger partial charge in [-0.15, -0.1) is 0 Å². The van der Waals surface area contributed by atoms with Gasteiger partial charge in [-0.05, 0) is 37.4 Å². The molecule has 0 aliphatic rings. The zero-order valence-corrected chi connectivity index (χ0v) is 12.5. The van der Waals surface area contributed by atoms with E-state index in [0.29, 0.717) is 12.5 Å². The Morgan fingerprint density at radius 1 is 1.33 bits per heavy atom. The molecule has 0 saturated carbocycles. The Bertz CT molecular complexity index is 366. The van der Waals surface area contributed by atoms with E-state index < -0.39 is 0 Å². The van der Waals surface area contributed by atoms with Gasteiger partial charge in [-0.3, -0.25) is 0 Å². The van der Waals surface area contributed by atoms with Crippen LogP contribution in [-0.2, 0) is 6.42 Å². The third-order valence-electron chi connectivity index (χ3n) is 3.41. The number of nitrogens with zero attached hydrogens (tertiary/aromatic N) is 1. The summed E-state index contributed by atoms with van der Waals surface area (Å²) >= 11 is 6.38. The number of benzene rings is 1. The van der Waals surface area contributed by atoms with E-state index in [0.717, 1.165) is 24.5 Å². The number of rotatable bonds is 7. The highest BCUT2D eigenvalue weighted by molar-refractivity contribution is 6.33. The minimum Gasteiger partial charge on any atom is -0.370 e. The van der Waals surface area contributed by atoms with Crippen molar-refractivity contribution in [3.8, 4) is 0 Å². The first-order valence-electron chi connectivity index (χ1n) is 6.86. The fraction of sp³-hybridized carbons (Fsp3) is 0.600. The fourth-order valence-electron chi connectivity index (χ4n) is 2.16. The molecule has 0 spiro atoms. The Labute approximate surface area is 116 Å². The molecule has 2 N–H and O–H groups in total. The number of para-hydroxylation sites is 1. The smallest absolute Gasteiger partial charge is 0.0642 e. The van der Waals surface area contributed by atoms with Crippen molar-refractivity contribution < 1.29 is 0 Å². The highest BCUT2D eigenvalue weighted by atomic mass is 35.5. The minimum absolute atomic E-state index is 0.661. The average molecular weight is 269 g/mol. The van der Waals surface area contributed by atoms with Crippen molar-refractivity contribution in [1.29, 1.82) is 0 Å². The van der Waals surface area contributed by atoms with Crippen molar-refractivity contribution in [2.45, 2.75) is 33.6 Å². The number of halogens is 1. The summed E-state index contributed by atoms with van der Waals surface area (Å²) in [6.45, 7) is 9.38. The molecule has 0 heterocycles. The quantitative estimate of drug-likeness (QED) is 0.817. The van der Waals surface area contributed by atoms with E-state index in [2.05, 4.69) is 31.7 Å². The predicted octanol–water partition coefficient (Wildman–Crippen LogP) is 3.71. The van der Waals surface area contributed by atoms with Crippen LogP contribution < -0.4 is 10.6 Å². The number of nitrogens with two attached hydrogens (primary N) is 1. The van der Waals surface area contributed by atoms with Crippen LogP contribution in [-0.4, -0.2) is 19.6 Å².